The molecule has 0 heterocycles. The van der Waals surface area contributed by atoms with Crippen LogP contribution in [0.25, 0.3) is 0 Å². The minimum atomic E-state index is 0.0378. The maximum absolute atomic E-state index is 6.17. The van der Waals surface area contributed by atoms with Crippen molar-refractivity contribution in [1.29, 1.82) is 0 Å². The number of nitrogens with two attached hydrogens (primary N) is 1. The predicted molar refractivity (Wildman–Crippen MR) is 69.6 cm³/mol. The average Bonchev–Trinajstić information content (AvgIpc) is 2.23. The van der Waals surface area contributed by atoms with Gasteiger partial charge in [-0.25, -0.2) is 0 Å². The minimum absolute atomic E-state index is 0.0378. The summed E-state index contributed by atoms with van der Waals surface area (Å²) < 4.78 is 11.2. The second-order valence-electron chi connectivity index (χ2n) is 3.58. The van der Waals surface area contributed by atoms with E-state index in [0.29, 0.717) is 27.4 Å². The number of hydrogen-bond acceptors (Lipinski definition) is 3. The van der Waals surface area contributed by atoms with E-state index in [-0.39, 0.29) is 6.04 Å². The monoisotopic (exact) mass is 307 g/mol. The van der Waals surface area contributed by atoms with Crippen LogP contribution >= 0.6 is 27.5 Å². The Kier molecular flexibility index (Phi) is 4.89. The Morgan fingerprint density at radius 3 is 2.50 bits per heavy atom. The number of benzene rings is 1. The van der Waals surface area contributed by atoms with Gasteiger partial charge in [0.2, 0.25) is 0 Å². The van der Waals surface area contributed by atoms with Gasteiger partial charge < -0.3 is 15.2 Å². The van der Waals surface area contributed by atoms with Gasteiger partial charge in [-0.15, -0.1) is 0 Å². The Bertz CT molecular complexity index is 383. The molecule has 0 aromatic heterocycles. The fourth-order valence-electron chi connectivity index (χ4n) is 1.50. The largest absolute Gasteiger partial charge is 0.496 e. The number of ether oxygens (including phenoxy) is 2. The van der Waals surface area contributed by atoms with E-state index >= 15 is 0 Å². The number of methoxy groups -OCH3 is 2. The lowest BCUT2D eigenvalue weighted by molar-refractivity contribution is 0.396. The lowest BCUT2D eigenvalue weighted by atomic mass is 10.1. The Balaban J connectivity index is 3.29. The minimum Gasteiger partial charge on any atom is -0.496 e. The molecular weight excluding hydrogens is 293 g/mol. The van der Waals surface area contributed by atoms with Crippen molar-refractivity contribution in [2.75, 3.05) is 14.2 Å². The summed E-state index contributed by atoms with van der Waals surface area (Å²) in [5, 5.41) is 0.512. The number of halogens is 2. The van der Waals surface area contributed by atoms with E-state index in [1.54, 1.807) is 14.2 Å². The molecule has 0 saturated heterocycles. The van der Waals surface area contributed by atoms with Crippen molar-refractivity contribution in [3.05, 3.63) is 21.1 Å². The standard InChI is InChI=1S/C11H15BrClNO2/c1-6(14)4-7-5-8(15-2)9(12)10(13)11(7)16-3/h5-6H,4,14H2,1-3H3. The Morgan fingerprint density at radius 2 is 2.06 bits per heavy atom. The first-order chi connectivity index (χ1) is 7.51. The molecule has 0 fully saturated rings. The average molecular weight is 309 g/mol. The molecule has 2 N–H and O–H groups in total. The van der Waals surface area contributed by atoms with Crippen LogP contribution in [0, 0.1) is 0 Å². The van der Waals surface area contributed by atoms with Gasteiger partial charge >= 0.3 is 0 Å². The van der Waals surface area contributed by atoms with Crippen molar-refractivity contribution >= 4 is 27.5 Å². The molecule has 5 heteroatoms. The zero-order valence-corrected chi connectivity index (χ0v) is 11.9. The van der Waals surface area contributed by atoms with Gasteiger partial charge in [0.15, 0.2) is 0 Å². The number of rotatable bonds is 4. The third kappa shape index (κ3) is 2.81. The van der Waals surface area contributed by atoms with Gasteiger partial charge in [0.25, 0.3) is 0 Å². The van der Waals surface area contributed by atoms with E-state index in [4.69, 9.17) is 26.8 Å². The molecule has 1 rings (SSSR count). The van der Waals surface area contributed by atoms with Crippen LogP contribution in [-0.4, -0.2) is 20.3 Å². The molecule has 1 unspecified atom stereocenters. The Hall–Kier alpha value is -0.450. The van der Waals surface area contributed by atoms with Gasteiger partial charge in [-0.3, -0.25) is 0 Å². The quantitative estimate of drug-likeness (QED) is 0.930. The van der Waals surface area contributed by atoms with E-state index < -0.39 is 0 Å². The van der Waals surface area contributed by atoms with Crippen LogP contribution in [0.15, 0.2) is 10.5 Å². The molecule has 1 aromatic carbocycles. The highest BCUT2D eigenvalue weighted by atomic mass is 79.9. The highest BCUT2D eigenvalue weighted by Gasteiger charge is 2.17. The molecule has 0 aliphatic rings. The Labute approximate surface area is 109 Å². The molecule has 0 saturated carbocycles. The van der Waals surface area contributed by atoms with Gasteiger partial charge in [-0.2, -0.15) is 0 Å². The van der Waals surface area contributed by atoms with Gasteiger partial charge in [0.1, 0.15) is 16.5 Å². The van der Waals surface area contributed by atoms with E-state index in [1.165, 1.54) is 0 Å². The van der Waals surface area contributed by atoms with Crippen molar-refractivity contribution in [1.82, 2.24) is 0 Å². The van der Waals surface area contributed by atoms with Crippen molar-refractivity contribution < 1.29 is 9.47 Å². The van der Waals surface area contributed by atoms with Crippen molar-refractivity contribution in [3.8, 4) is 11.5 Å². The molecule has 1 aromatic rings. The molecule has 0 aliphatic carbocycles. The zero-order chi connectivity index (χ0) is 12.3. The van der Waals surface area contributed by atoms with Crippen molar-refractivity contribution in [3.63, 3.8) is 0 Å². The molecular formula is C11H15BrClNO2. The second-order valence-corrected chi connectivity index (χ2v) is 4.75. The van der Waals surface area contributed by atoms with Crippen LogP contribution in [0.5, 0.6) is 11.5 Å². The molecule has 1 atom stereocenters. The van der Waals surface area contributed by atoms with Gasteiger partial charge in [0, 0.05) is 11.6 Å². The molecule has 0 radical (unpaired) electrons. The van der Waals surface area contributed by atoms with Crippen LogP contribution in [0.4, 0.5) is 0 Å². The topological polar surface area (TPSA) is 44.5 Å². The Morgan fingerprint density at radius 1 is 1.44 bits per heavy atom. The first-order valence-electron chi connectivity index (χ1n) is 4.85. The summed E-state index contributed by atoms with van der Waals surface area (Å²) in [5.74, 6) is 1.33. The smallest absolute Gasteiger partial charge is 0.142 e. The normalized spacial score (nSPS) is 12.4. The molecule has 0 spiro atoms. The summed E-state index contributed by atoms with van der Waals surface area (Å²) in [4.78, 5) is 0. The van der Waals surface area contributed by atoms with Gasteiger partial charge in [0.05, 0.1) is 18.7 Å². The molecule has 0 bridgehead atoms. The van der Waals surface area contributed by atoms with E-state index in [2.05, 4.69) is 15.9 Å². The second kappa shape index (κ2) is 5.75. The maximum atomic E-state index is 6.17. The summed E-state index contributed by atoms with van der Waals surface area (Å²) in [7, 11) is 3.18. The molecule has 16 heavy (non-hydrogen) atoms. The SMILES string of the molecule is COc1cc(CC(C)N)c(OC)c(Cl)c1Br. The summed E-state index contributed by atoms with van der Waals surface area (Å²) in [6.07, 6.45) is 0.687. The first-order valence-corrected chi connectivity index (χ1v) is 6.02. The fraction of sp³-hybridized carbons (Fsp3) is 0.455. The summed E-state index contributed by atoms with van der Waals surface area (Å²) in [6, 6.07) is 1.92. The molecule has 0 amide bonds. The summed E-state index contributed by atoms with van der Waals surface area (Å²) >= 11 is 9.54. The van der Waals surface area contributed by atoms with E-state index in [9.17, 15) is 0 Å². The van der Waals surface area contributed by atoms with Crippen LogP contribution in [0.2, 0.25) is 5.02 Å². The maximum Gasteiger partial charge on any atom is 0.142 e. The fourth-order valence-corrected chi connectivity index (χ4v) is 2.25. The highest BCUT2D eigenvalue weighted by Crippen LogP contribution is 2.42. The highest BCUT2D eigenvalue weighted by molar-refractivity contribution is 9.10. The summed E-state index contributed by atoms with van der Waals surface area (Å²) in [5.41, 5.74) is 6.72. The molecule has 0 aliphatic heterocycles. The third-order valence-corrected chi connectivity index (χ3v) is 3.55. The van der Waals surface area contributed by atoms with Crippen LogP contribution in [-0.2, 0) is 6.42 Å². The molecule has 3 nitrogen and oxygen atoms in total. The molecule has 90 valence electrons. The lowest BCUT2D eigenvalue weighted by Gasteiger charge is -2.15. The van der Waals surface area contributed by atoms with Gasteiger partial charge in [-0.05, 0) is 35.3 Å². The van der Waals surface area contributed by atoms with Crippen LogP contribution < -0.4 is 15.2 Å². The van der Waals surface area contributed by atoms with Gasteiger partial charge in [-0.1, -0.05) is 11.6 Å². The van der Waals surface area contributed by atoms with Crippen LogP contribution in [0.3, 0.4) is 0 Å². The first kappa shape index (κ1) is 13.6. The summed E-state index contributed by atoms with van der Waals surface area (Å²) in [6.45, 7) is 1.93. The predicted octanol–water partition coefficient (Wildman–Crippen LogP) is 3.01. The van der Waals surface area contributed by atoms with Crippen LogP contribution in [0.1, 0.15) is 12.5 Å². The third-order valence-electron chi connectivity index (χ3n) is 2.17. The zero-order valence-electron chi connectivity index (χ0n) is 9.51. The van der Waals surface area contributed by atoms with E-state index in [1.807, 2.05) is 13.0 Å². The number of hydrogen-bond donors (Lipinski definition) is 1. The van der Waals surface area contributed by atoms with Crippen molar-refractivity contribution in [2.24, 2.45) is 5.73 Å². The van der Waals surface area contributed by atoms with Crippen molar-refractivity contribution in [2.45, 2.75) is 19.4 Å². The van der Waals surface area contributed by atoms with E-state index in [0.717, 1.165) is 5.56 Å². The lowest BCUT2D eigenvalue weighted by Crippen LogP contribution is -2.18.